The fraction of sp³-hybridized carbons (Fsp3) is 0.867. The Morgan fingerprint density at radius 3 is 1.85 bits per heavy atom. The van der Waals surface area contributed by atoms with E-state index in [0.717, 1.165) is 12.8 Å². The number of hydrogen-bond acceptors (Lipinski definition) is 3. The SMILES string of the molecule is CCCCCCCCCCCC(=O)NC(C)C(=O)O.N. The van der Waals surface area contributed by atoms with Crippen LogP contribution in [0.2, 0.25) is 0 Å². The molecule has 0 saturated heterocycles. The first kappa shape index (κ1) is 21.2. The standard InChI is InChI=1S/C15H29NO3.H3N/c1-3-4-5-6-7-8-9-10-11-12-14(17)16-13(2)15(18)19;/h13H,3-12H2,1-2H3,(H,16,17)(H,18,19);1H3. The fourth-order valence-electron chi connectivity index (χ4n) is 1.97. The minimum Gasteiger partial charge on any atom is -0.480 e. The first-order chi connectivity index (χ1) is 9.07. The minimum atomic E-state index is -0.986. The fourth-order valence-corrected chi connectivity index (χ4v) is 1.97. The molecule has 1 amide bonds. The maximum absolute atomic E-state index is 11.4. The smallest absolute Gasteiger partial charge is 0.325 e. The van der Waals surface area contributed by atoms with Crippen LogP contribution in [0.4, 0.5) is 0 Å². The van der Waals surface area contributed by atoms with Gasteiger partial charge in [-0.15, -0.1) is 0 Å². The zero-order valence-electron chi connectivity index (χ0n) is 13.1. The van der Waals surface area contributed by atoms with Gasteiger partial charge in [-0.2, -0.15) is 0 Å². The molecule has 20 heavy (non-hydrogen) atoms. The van der Waals surface area contributed by atoms with Gasteiger partial charge in [0.1, 0.15) is 6.04 Å². The highest BCUT2D eigenvalue weighted by Gasteiger charge is 2.12. The predicted molar refractivity (Wildman–Crippen MR) is 82.1 cm³/mol. The van der Waals surface area contributed by atoms with Crippen LogP contribution >= 0.6 is 0 Å². The molecule has 0 saturated carbocycles. The highest BCUT2D eigenvalue weighted by atomic mass is 16.4. The second-order valence-electron chi connectivity index (χ2n) is 5.21. The quantitative estimate of drug-likeness (QED) is 0.477. The monoisotopic (exact) mass is 288 g/mol. The van der Waals surface area contributed by atoms with Gasteiger partial charge >= 0.3 is 5.97 Å². The minimum absolute atomic E-state index is 0. The number of carbonyl (C=O) groups is 2. The summed E-state index contributed by atoms with van der Waals surface area (Å²) in [5.41, 5.74) is 0. The van der Waals surface area contributed by atoms with Crippen LogP contribution in [0.15, 0.2) is 0 Å². The van der Waals surface area contributed by atoms with E-state index in [2.05, 4.69) is 12.2 Å². The van der Waals surface area contributed by atoms with Crippen molar-refractivity contribution in [1.29, 1.82) is 0 Å². The third-order valence-corrected chi connectivity index (χ3v) is 3.26. The third kappa shape index (κ3) is 13.3. The molecule has 0 radical (unpaired) electrons. The first-order valence-corrected chi connectivity index (χ1v) is 7.60. The van der Waals surface area contributed by atoms with Gasteiger partial charge in [0.25, 0.3) is 0 Å². The van der Waals surface area contributed by atoms with Gasteiger partial charge < -0.3 is 16.6 Å². The molecule has 1 unspecified atom stereocenters. The molecule has 5 nitrogen and oxygen atoms in total. The topological polar surface area (TPSA) is 101 Å². The van der Waals surface area contributed by atoms with Gasteiger partial charge in [-0.1, -0.05) is 58.3 Å². The van der Waals surface area contributed by atoms with Crippen molar-refractivity contribution in [3.8, 4) is 0 Å². The van der Waals surface area contributed by atoms with Crippen LogP contribution in [-0.4, -0.2) is 23.0 Å². The summed E-state index contributed by atoms with van der Waals surface area (Å²) >= 11 is 0. The van der Waals surface area contributed by atoms with Crippen LogP contribution in [0.3, 0.4) is 0 Å². The number of aliphatic carboxylic acids is 1. The molecule has 1 atom stereocenters. The molecule has 0 fully saturated rings. The second-order valence-corrected chi connectivity index (χ2v) is 5.21. The first-order valence-electron chi connectivity index (χ1n) is 7.60. The van der Waals surface area contributed by atoms with E-state index in [4.69, 9.17) is 5.11 Å². The summed E-state index contributed by atoms with van der Waals surface area (Å²) in [6.07, 6.45) is 11.3. The molecule has 5 N–H and O–H groups in total. The van der Waals surface area contributed by atoms with E-state index in [1.54, 1.807) is 0 Å². The third-order valence-electron chi connectivity index (χ3n) is 3.26. The zero-order chi connectivity index (χ0) is 14.5. The summed E-state index contributed by atoms with van der Waals surface area (Å²) in [6, 6.07) is -0.786. The summed E-state index contributed by atoms with van der Waals surface area (Å²) < 4.78 is 0. The lowest BCUT2D eigenvalue weighted by molar-refractivity contribution is -0.141. The van der Waals surface area contributed by atoms with Crippen molar-refractivity contribution in [2.45, 2.75) is 84.1 Å². The average Bonchev–Trinajstić information content (AvgIpc) is 2.36. The van der Waals surface area contributed by atoms with Crippen molar-refractivity contribution in [2.75, 3.05) is 0 Å². The van der Waals surface area contributed by atoms with Crippen molar-refractivity contribution in [2.24, 2.45) is 0 Å². The van der Waals surface area contributed by atoms with Crippen molar-refractivity contribution < 1.29 is 14.7 Å². The van der Waals surface area contributed by atoms with Gasteiger partial charge in [0.2, 0.25) is 5.91 Å². The molecule has 0 bridgehead atoms. The molecule has 0 heterocycles. The van der Waals surface area contributed by atoms with E-state index in [0.29, 0.717) is 6.42 Å². The van der Waals surface area contributed by atoms with E-state index in [1.165, 1.54) is 51.9 Å². The lowest BCUT2D eigenvalue weighted by Crippen LogP contribution is -2.38. The number of hydrogen-bond donors (Lipinski definition) is 3. The summed E-state index contributed by atoms with van der Waals surface area (Å²) in [6.45, 7) is 3.70. The van der Waals surface area contributed by atoms with Crippen molar-refractivity contribution in [3.63, 3.8) is 0 Å². The molecule has 0 aliphatic carbocycles. The largest absolute Gasteiger partial charge is 0.480 e. The van der Waals surface area contributed by atoms with Gasteiger partial charge in [-0.3, -0.25) is 9.59 Å². The van der Waals surface area contributed by atoms with E-state index in [1.807, 2.05) is 0 Å². The molecular formula is C15H32N2O3. The summed E-state index contributed by atoms with van der Waals surface area (Å²) in [4.78, 5) is 21.9. The summed E-state index contributed by atoms with van der Waals surface area (Å²) in [5.74, 6) is -1.14. The zero-order valence-corrected chi connectivity index (χ0v) is 13.1. The van der Waals surface area contributed by atoms with Crippen molar-refractivity contribution >= 4 is 11.9 Å². The molecular weight excluding hydrogens is 256 g/mol. The van der Waals surface area contributed by atoms with Crippen molar-refractivity contribution in [3.05, 3.63) is 0 Å². The highest BCUT2D eigenvalue weighted by molar-refractivity contribution is 5.83. The molecule has 0 aromatic rings. The van der Waals surface area contributed by atoms with Gasteiger partial charge in [0.05, 0.1) is 0 Å². The molecule has 0 aromatic heterocycles. The van der Waals surface area contributed by atoms with Crippen LogP contribution < -0.4 is 11.5 Å². The average molecular weight is 288 g/mol. The number of unbranched alkanes of at least 4 members (excludes halogenated alkanes) is 8. The lowest BCUT2D eigenvalue weighted by Gasteiger charge is -2.08. The van der Waals surface area contributed by atoms with E-state index in [9.17, 15) is 9.59 Å². The number of rotatable bonds is 12. The van der Waals surface area contributed by atoms with E-state index in [-0.39, 0.29) is 12.1 Å². The molecule has 0 aliphatic heterocycles. The Kier molecular flexibility index (Phi) is 15.2. The predicted octanol–water partition coefficient (Wildman–Crippen LogP) is 3.66. The maximum atomic E-state index is 11.4. The molecule has 0 rings (SSSR count). The number of nitrogens with one attached hydrogen (secondary N) is 1. The Bertz CT molecular complexity index is 258. The molecule has 0 spiro atoms. The Balaban J connectivity index is 0. The molecule has 120 valence electrons. The number of carbonyl (C=O) groups excluding carboxylic acids is 1. The Labute approximate surface area is 123 Å². The van der Waals surface area contributed by atoms with E-state index < -0.39 is 12.0 Å². The maximum Gasteiger partial charge on any atom is 0.325 e. The van der Waals surface area contributed by atoms with Crippen molar-refractivity contribution in [1.82, 2.24) is 11.5 Å². The summed E-state index contributed by atoms with van der Waals surface area (Å²) in [5, 5.41) is 11.1. The van der Waals surface area contributed by atoms with Gasteiger partial charge in [-0.25, -0.2) is 0 Å². The van der Waals surface area contributed by atoms with Crippen LogP contribution in [0.5, 0.6) is 0 Å². The van der Waals surface area contributed by atoms with Gasteiger partial charge in [-0.05, 0) is 13.3 Å². The Hall–Kier alpha value is -1.10. The Morgan fingerprint density at radius 2 is 1.40 bits per heavy atom. The van der Waals surface area contributed by atoms with Crippen LogP contribution in [0, 0.1) is 0 Å². The normalized spacial score (nSPS) is 11.5. The Morgan fingerprint density at radius 1 is 0.950 bits per heavy atom. The van der Waals surface area contributed by atoms with Gasteiger partial charge in [0, 0.05) is 6.42 Å². The number of carboxylic acids is 1. The number of carboxylic acid groups (broad SMARTS) is 1. The van der Waals surface area contributed by atoms with Crippen LogP contribution in [0.25, 0.3) is 0 Å². The van der Waals surface area contributed by atoms with Crippen LogP contribution in [-0.2, 0) is 9.59 Å². The van der Waals surface area contributed by atoms with E-state index >= 15 is 0 Å². The molecule has 0 aromatic carbocycles. The second kappa shape index (κ2) is 14.3. The van der Waals surface area contributed by atoms with Gasteiger partial charge in [0.15, 0.2) is 0 Å². The molecule has 0 aliphatic rings. The molecule has 5 heteroatoms. The lowest BCUT2D eigenvalue weighted by atomic mass is 10.1. The summed E-state index contributed by atoms with van der Waals surface area (Å²) in [7, 11) is 0. The number of amides is 1. The van der Waals surface area contributed by atoms with Crippen LogP contribution in [0.1, 0.15) is 78.1 Å². The highest BCUT2D eigenvalue weighted by Crippen LogP contribution is 2.10.